The molecule has 0 spiro atoms. The van der Waals surface area contributed by atoms with E-state index < -0.39 is 0 Å². The molecular weight excluding hydrogens is 342 g/mol. The average molecular weight is 367 g/mol. The van der Waals surface area contributed by atoms with Crippen molar-refractivity contribution in [1.29, 1.82) is 0 Å². The molecule has 0 bridgehead atoms. The zero-order valence-corrected chi connectivity index (χ0v) is 15.6. The quantitative estimate of drug-likeness (QED) is 0.836. The smallest absolute Gasteiger partial charge is 0.257 e. The Labute approximate surface area is 159 Å². The number of furan rings is 1. The van der Waals surface area contributed by atoms with E-state index in [0.717, 1.165) is 25.1 Å². The van der Waals surface area contributed by atoms with Crippen molar-refractivity contribution in [2.45, 2.75) is 25.8 Å². The summed E-state index contributed by atoms with van der Waals surface area (Å²) in [5.74, 6) is 0.143. The molecule has 27 heavy (non-hydrogen) atoms. The van der Waals surface area contributed by atoms with Gasteiger partial charge < -0.3 is 14.2 Å². The molecule has 1 atom stereocenters. The molecule has 6 nitrogen and oxygen atoms in total. The van der Waals surface area contributed by atoms with Gasteiger partial charge in [0.1, 0.15) is 6.26 Å². The third-order valence-electron chi connectivity index (χ3n) is 5.65. The third-order valence-corrected chi connectivity index (χ3v) is 5.65. The van der Waals surface area contributed by atoms with Gasteiger partial charge in [0.15, 0.2) is 0 Å². The van der Waals surface area contributed by atoms with Crippen LogP contribution in [0.25, 0.3) is 0 Å². The van der Waals surface area contributed by atoms with Gasteiger partial charge in [-0.1, -0.05) is 18.2 Å². The van der Waals surface area contributed by atoms with Crippen molar-refractivity contribution in [2.75, 3.05) is 37.6 Å². The number of hydrogen-bond donors (Lipinski definition) is 0. The number of piperazine rings is 1. The number of carbonyl (C=O) groups excluding carboxylic acids is 2. The molecule has 2 aliphatic heterocycles. The van der Waals surface area contributed by atoms with Gasteiger partial charge in [0.2, 0.25) is 5.91 Å². The number of anilines is 1. The Morgan fingerprint density at radius 1 is 1.04 bits per heavy atom. The molecule has 1 saturated heterocycles. The highest BCUT2D eigenvalue weighted by molar-refractivity contribution is 5.98. The van der Waals surface area contributed by atoms with Crippen LogP contribution in [0.2, 0.25) is 0 Å². The molecule has 142 valence electrons. The molecule has 0 radical (unpaired) electrons. The molecule has 2 aliphatic rings. The first-order chi connectivity index (χ1) is 13.1. The minimum absolute atomic E-state index is 0.00709. The number of hydrogen-bond acceptors (Lipinski definition) is 4. The predicted octanol–water partition coefficient (Wildman–Crippen LogP) is 2.41. The lowest BCUT2D eigenvalue weighted by atomic mass is 10.0. The van der Waals surface area contributed by atoms with Crippen molar-refractivity contribution >= 4 is 17.5 Å². The van der Waals surface area contributed by atoms with Crippen LogP contribution in [0, 0.1) is 0 Å². The summed E-state index contributed by atoms with van der Waals surface area (Å²) in [6, 6.07) is 9.68. The highest BCUT2D eigenvalue weighted by Crippen LogP contribution is 2.28. The highest BCUT2D eigenvalue weighted by atomic mass is 16.3. The second-order valence-electron chi connectivity index (χ2n) is 7.24. The minimum Gasteiger partial charge on any atom is -0.472 e. The van der Waals surface area contributed by atoms with Gasteiger partial charge in [-0.2, -0.15) is 0 Å². The largest absolute Gasteiger partial charge is 0.472 e. The van der Waals surface area contributed by atoms with E-state index in [4.69, 9.17) is 4.42 Å². The van der Waals surface area contributed by atoms with Gasteiger partial charge in [-0.25, -0.2) is 0 Å². The van der Waals surface area contributed by atoms with E-state index in [0.29, 0.717) is 31.7 Å². The molecule has 1 fully saturated rings. The zero-order valence-electron chi connectivity index (χ0n) is 15.6. The lowest BCUT2D eigenvalue weighted by molar-refractivity contribution is -0.123. The van der Waals surface area contributed by atoms with Gasteiger partial charge in [0.05, 0.1) is 17.9 Å². The maximum Gasteiger partial charge on any atom is 0.257 e. The van der Waals surface area contributed by atoms with E-state index in [1.807, 2.05) is 34.9 Å². The number of carbonyl (C=O) groups is 2. The summed E-state index contributed by atoms with van der Waals surface area (Å²) < 4.78 is 5.01. The van der Waals surface area contributed by atoms with Gasteiger partial charge in [-0.15, -0.1) is 0 Å². The summed E-state index contributed by atoms with van der Waals surface area (Å²) in [7, 11) is 0. The predicted molar refractivity (Wildman–Crippen MR) is 103 cm³/mol. The van der Waals surface area contributed by atoms with E-state index in [1.165, 1.54) is 18.1 Å². The van der Waals surface area contributed by atoms with E-state index in [1.54, 1.807) is 6.07 Å². The van der Waals surface area contributed by atoms with Crippen LogP contribution in [-0.4, -0.2) is 60.4 Å². The fourth-order valence-electron chi connectivity index (χ4n) is 4.03. The lowest BCUT2D eigenvalue weighted by Gasteiger charge is -2.39. The molecule has 2 aromatic rings. The Hall–Kier alpha value is -2.60. The number of para-hydroxylation sites is 1. The number of benzene rings is 1. The fraction of sp³-hybridized carbons (Fsp3) is 0.429. The molecule has 6 heteroatoms. The lowest BCUT2D eigenvalue weighted by Crippen LogP contribution is -2.56. The topological polar surface area (TPSA) is 57.0 Å². The van der Waals surface area contributed by atoms with Crippen LogP contribution in [0.5, 0.6) is 0 Å². The molecule has 3 heterocycles. The van der Waals surface area contributed by atoms with Crippen LogP contribution < -0.4 is 4.90 Å². The minimum atomic E-state index is -0.192. The Kier molecular flexibility index (Phi) is 4.99. The molecule has 0 saturated carbocycles. The van der Waals surface area contributed by atoms with Crippen LogP contribution >= 0.6 is 0 Å². The van der Waals surface area contributed by atoms with Crippen LogP contribution in [0.1, 0.15) is 29.3 Å². The normalized spacial score (nSPS) is 18.9. The Morgan fingerprint density at radius 3 is 2.56 bits per heavy atom. The van der Waals surface area contributed by atoms with Gasteiger partial charge in [0, 0.05) is 38.4 Å². The van der Waals surface area contributed by atoms with Crippen LogP contribution in [0.4, 0.5) is 5.69 Å². The molecule has 1 aromatic carbocycles. The molecule has 1 aromatic heterocycles. The van der Waals surface area contributed by atoms with E-state index in [9.17, 15) is 9.59 Å². The van der Waals surface area contributed by atoms with Gasteiger partial charge in [-0.3, -0.25) is 14.5 Å². The van der Waals surface area contributed by atoms with Crippen molar-refractivity contribution in [1.82, 2.24) is 9.80 Å². The van der Waals surface area contributed by atoms with Gasteiger partial charge >= 0.3 is 0 Å². The SMILES string of the molecule is CC(C(=O)N1CCCc2ccccc21)N1CCN(C(=O)c2ccoc2)CC1. The van der Waals surface area contributed by atoms with Crippen molar-refractivity contribution in [3.8, 4) is 0 Å². The number of fused-ring (bicyclic) bond motifs is 1. The molecule has 0 aliphatic carbocycles. The summed E-state index contributed by atoms with van der Waals surface area (Å²) >= 11 is 0. The van der Waals surface area contributed by atoms with Crippen molar-refractivity contribution in [3.05, 3.63) is 54.0 Å². The summed E-state index contributed by atoms with van der Waals surface area (Å²) in [5, 5.41) is 0. The average Bonchev–Trinajstić information content (AvgIpc) is 3.27. The second-order valence-corrected chi connectivity index (χ2v) is 7.24. The highest BCUT2D eigenvalue weighted by Gasteiger charge is 2.32. The maximum absolute atomic E-state index is 13.2. The monoisotopic (exact) mass is 367 g/mol. The molecular formula is C21H25N3O3. The van der Waals surface area contributed by atoms with Crippen molar-refractivity contribution < 1.29 is 14.0 Å². The summed E-state index contributed by atoms with van der Waals surface area (Å²) in [6.45, 7) is 5.40. The molecule has 4 rings (SSSR count). The number of rotatable bonds is 3. The van der Waals surface area contributed by atoms with E-state index in [2.05, 4.69) is 11.0 Å². The molecule has 0 N–H and O–H groups in total. The maximum atomic E-state index is 13.2. The summed E-state index contributed by atoms with van der Waals surface area (Å²) in [5.41, 5.74) is 2.88. The van der Waals surface area contributed by atoms with Gasteiger partial charge in [0.25, 0.3) is 5.91 Å². The Bertz CT molecular complexity index is 810. The fourth-order valence-corrected chi connectivity index (χ4v) is 4.03. The molecule has 2 amide bonds. The van der Waals surface area contributed by atoms with Crippen molar-refractivity contribution in [3.63, 3.8) is 0 Å². The van der Waals surface area contributed by atoms with E-state index in [-0.39, 0.29) is 17.9 Å². The van der Waals surface area contributed by atoms with Crippen molar-refractivity contribution in [2.24, 2.45) is 0 Å². The van der Waals surface area contributed by atoms with Gasteiger partial charge in [-0.05, 0) is 37.5 Å². The first kappa shape index (κ1) is 17.8. The van der Waals surface area contributed by atoms with Crippen LogP contribution in [0.15, 0.2) is 47.3 Å². The first-order valence-corrected chi connectivity index (χ1v) is 9.60. The Balaban J connectivity index is 1.39. The van der Waals surface area contributed by atoms with Crippen LogP contribution in [-0.2, 0) is 11.2 Å². The number of nitrogens with zero attached hydrogens (tertiary/aromatic N) is 3. The number of aryl methyl sites for hydroxylation is 1. The second kappa shape index (κ2) is 7.56. The standard InChI is InChI=1S/C21H25N3O3/c1-16(20(25)24-9-4-6-17-5-2-3-7-19(17)24)22-10-12-23(13-11-22)21(26)18-8-14-27-15-18/h2-3,5,7-8,14-16H,4,6,9-13H2,1H3. The zero-order chi connectivity index (χ0) is 18.8. The summed E-state index contributed by atoms with van der Waals surface area (Å²) in [6.07, 6.45) is 5.03. The van der Waals surface area contributed by atoms with E-state index >= 15 is 0 Å². The number of amides is 2. The first-order valence-electron chi connectivity index (χ1n) is 9.60. The Morgan fingerprint density at radius 2 is 1.81 bits per heavy atom. The van der Waals surface area contributed by atoms with Crippen LogP contribution in [0.3, 0.4) is 0 Å². The molecule has 1 unspecified atom stereocenters. The summed E-state index contributed by atoms with van der Waals surface area (Å²) in [4.78, 5) is 31.5. The third kappa shape index (κ3) is 3.49.